The summed E-state index contributed by atoms with van der Waals surface area (Å²) in [6, 6.07) is -1.85. The Morgan fingerprint density at radius 2 is 1.27 bits per heavy atom. The molecule has 15 heavy (non-hydrogen) atoms. The maximum atomic E-state index is 10.3. The van der Waals surface area contributed by atoms with Crippen LogP contribution in [0.5, 0.6) is 0 Å². The summed E-state index contributed by atoms with van der Waals surface area (Å²) in [5.74, 6) is -1.68. The van der Waals surface area contributed by atoms with Crippen molar-refractivity contribution in [3.63, 3.8) is 0 Å². The third-order valence-electron chi connectivity index (χ3n) is 1.21. The second kappa shape index (κ2) is 9.76. The first-order valence-electron chi connectivity index (χ1n) is 3.66. The summed E-state index contributed by atoms with van der Waals surface area (Å²) in [7, 11) is 2.41. The number of hydrogen-bond acceptors (Lipinski definition) is 6. The van der Waals surface area contributed by atoms with Gasteiger partial charge in [0, 0.05) is 11.5 Å². The van der Waals surface area contributed by atoms with E-state index in [4.69, 9.17) is 21.7 Å². The Kier molecular flexibility index (Phi) is 11.7. The third kappa shape index (κ3) is 9.49. The molecule has 0 aliphatic rings. The van der Waals surface area contributed by atoms with Gasteiger partial charge in [0.1, 0.15) is 12.1 Å². The van der Waals surface area contributed by atoms with Crippen LogP contribution in [0.2, 0.25) is 0 Å². The predicted molar refractivity (Wildman–Crippen MR) is 56.1 cm³/mol. The van der Waals surface area contributed by atoms with Crippen molar-refractivity contribution < 1.29 is 49.4 Å². The number of carboxylic acid groups (broad SMARTS) is 2. The Labute approximate surface area is 117 Å². The van der Waals surface area contributed by atoms with Gasteiger partial charge in [-0.3, -0.25) is 9.59 Å². The third-order valence-corrected chi connectivity index (χ3v) is 3.69. The molecule has 0 aromatic carbocycles. The van der Waals surface area contributed by atoms with E-state index in [1.165, 1.54) is 21.6 Å². The van der Waals surface area contributed by atoms with Crippen LogP contribution >= 0.6 is 21.6 Å². The summed E-state index contributed by atoms with van der Waals surface area (Å²) in [6.45, 7) is 0. The smallest absolute Gasteiger partial charge is 0.480 e. The summed E-state index contributed by atoms with van der Waals surface area (Å²) in [6.07, 6.45) is 0. The van der Waals surface area contributed by atoms with Gasteiger partial charge in [0.2, 0.25) is 0 Å². The molecule has 0 rings (SSSR count). The number of carbonyl (C=O) groups is 2. The maximum Gasteiger partial charge on any atom is 1.00 e. The number of aliphatic carboxylic acids is 2. The molecule has 2 atom stereocenters. The van der Waals surface area contributed by atoms with Crippen LogP contribution in [0.25, 0.3) is 0 Å². The van der Waals surface area contributed by atoms with Crippen LogP contribution in [-0.2, 0) is 9.59 Å². The van der Waals surface area contributed by atoms with Gasteiger partial charge in [-0.15, -0.1) is 0 Å². The molecule has 0 aromatic rings. The first-order chi connectivity index (χ1) is 6.45. The second-order valence-electron chi connectivity index (χ2n) is 2.46. The predicted octanol–water partition coefficient (Wildman–Crippen LogP) is -3.80. The molecule has 6 N–H and O–H groups in total. The van der Waals surface area contributed by atoms with Gasteiger partial charge < -0.3 is 21.7 Å². The van der Waals surface area contributed by atoms with Gasteiger partial charge in [-0.25, -0.2) is 0 Å². The molecular formula is C6H12N2NaO4S2+. The Hall–Kier alpha value is 0.560. The van der Waals surface area contributed by atoms with Crippen molar-refractivity contribution in [1.82, 2.24) is 0 Å². The first kappa shape index (κ1) is 17.9. The Morgan fingerprint density at radius 1 is 1.00 bits per heavy atom. The van der Waals surface area contributed by atoms with Crippen molar-refractivity contribution in [3.8, 4) is 0 Å². The summed E-state index contributed by atoms with van der Waals surface area (Å²) in [5, 5.41) is 16.8. The molecular weight excluding hydrogens is 251 g/mol. The van der Waals surface area contributed by atoms with Crippen LogP contribution in [0.15, 0.2) is 0 Å². The molecule has 0 amide bonds. The van der Waals surface area contributed by atoms with E-state index in [1.54, 1.807) is 0 Å². The minimum absolute atomic E-state index is 0. The summed E-state index contributed by atoms with van der Waals surface area (Å²) < 4.78 is 0. The second-order valence-corrected chi connectivity index (χ2v) is 5.01. The normalized spacial score (nSPS) is 13.7. The van der Waals surface area contributed by atoms with Gasteiger partial charge in [-0.1, -0.05) is 21.6 Å². The number of nitrogens with two attached hydrogens (primary N) is 2. The van der Waals surface area contributed by atoms with Crippen LogP contribution in [0.3, 0.4) is 0 Å². The van der Waals surface area contributed by atoms with E-state index >= 15 is 0 Å². The van der Waals surface area contributed by atoms with E-state index in [-0.39, 0.29) is 41.1 Å². The monoisotopic (exact) mass is 263 g/mol. The molecule has 0 fully saturated rings. The Bertz CT molecular complexity index is 197. The summed E-state index contributed by atoms with van der Waals surface area (Å²) >= 11 is 0. The van der Waals surface area contributed by atoms with Crippen molar-refractivity contribution in [1.29, 1.82) is 0 Å². The first-order valence-corrected chi connectivity index (χ1v) is 6.15. The average Bonchev–Trinajstić information content (AvgIpc) is 2.11. The van der Waals surface area contributed by atoms with Crippen LogP contribution in [0.1, 0.15) is 0 Å². The molecule has 0 aliphatic heterocycles. The van der Waals surface area contributed by atoms with E-state index in [1.807, 2.05) is 0 Å². The van der Waals surface area contributed by atoms with Gasteiger partial charge in [0.05, 0.1) is 0 Å². The standard InChI is InChI=1S/C6H12N2O4S2.Na/c7-3(5(9)10)1-13-14-2-4(8)6(11)12;/h3-4H,1-2,7-8H2,(H,9,10)(H,11,12);/q;+1. The fourth-order valence-corrected chi connectivity index (χ4v) is 2.61. The molecule has 0 aromatic heterocycles. The topological polar surface area (TPSA) is 127 Å². The van der Waals surface area contributed by atoms with Gasteiger partial charge in [0.15, 0.2) is 0 Å². The van der Waals surface area contributed by atoms with Gasteiger partial charge in [-0.2, -0.15) is 0 Å². The molecule has 0 radical (unpaired) electrons. The molecule has 0 bridgehead atoms. The molecule has 0 heterocycles. The van der Waals surface area contributed by atoms with Crippen molar-refractivity contribution in [2.24, 2.45) is 11.5 Å². The molecule has 0 saturated heterocycles. The quantitative estimate of drug-likeness (QED) is 0.209. The van der Waals surface area contributed by atoms with E-state index in [9.17, 15) is 9.59 Å². The molecule has 0 spiro atoms. The van der Waals surface area contributed by atoms with E-state index in [0.29, 0.717) is 0 Å². The van der Waals surface area contributed by atoms with Crippen molar-refractivity contribution >= 4 is 33.5 Å². The summed E-state index contributed by atoms with van der Waals surface area (Å²) in [4.78, 5) is 20.5. The largest absolute Gasteiger partial charge is 1.00 e. The van der Waals surface area contributed by atoms with Gasteiger partial charge in [-0.05, 0) is 0 Å². The molecule has 82 valence electrons. The molecule has 6 nitrogen and oxygen atoms in total. The van der Waals surface area contributed by atoms with Crippen molar-refractivity contribution in [2.45, 2.75) is 12.1 Å². The van der Waals surface area contributed by atoms with Crippen molar-refractivity contribution in [3.05, 3.63) is 0 Å². The van der Waals surface area contributed by atoms with Crippen LogP contribution < -0.4 is 41.0 Å². The van der Waals surface area contributed by atoms with Gasteiger partial charge >= 0.3 is 41.5 Å². The number of rotatable bonds is 7. The number of hydrogen-bond donors (Lipinski definition) is 4. The number of carboxylic acids is 2. The zero-order valence-corrected chi connectivity index (χ0v) is 11.9. The minimum atomic E-state index is -1.07. The fourth-order valence-electron chi connectivity index (χ4n) is 0.385. The van der Waals surface area contributed by atoms with Crippen LogP contribution in [0.4, 0.5) is 0 Å². The molecule has 0 saturated carbocycles. The molecule has 0 aliphatic carbocycles. The average molecular weight is 263 g/mol. The zero-order chi connectivity index (χ0) is 11.1. The van der Waals surface area contributed by atoms with E-state index in [2.05, 4.69) is 0 Å². The minimum Gasteiger partial charge on any atom is -0.480 e. The molecule has 2 unspecified atom stereocenters. The van der Waals surface area contributed by atoms with E-state index < -0.39 is 24.0 Å². The van der Waals surface area contributed by atoms with Crippen LogP contribution in [0, 0.1) is 0 Å². The zero-order valence-electron chi connectivity index (χ0n) is 8.25. The van der Waals surface area contributed by atoms with E-state index in [0.717, 1.165) is 0 Å². The molecule has 9 heteroatoms. The maximum absolute atomic E-state index is 10.3. The van der Waals surface area contributed by atoms with Gasteiger partial charge in [0.25, 0.3) is 0 Å². The summed E-state index contributed by atoms with van der Waals surface area (Å²) in [5.41, 5.74) is 10.4. The van der Waals surface area contributed by atoms with Crippen LogP contribution in [-0.4, -0.2) is 45.7 Å². The van der Waals surface area contributed by atoms with Crippen molar-refractivity contribution in [2.75, 3.05) is 11.5 Å². The fraction of sp³-hybridized carbons (Fsp3) is 0.667. The SMILES string of the molecule is NC(CSSCC(N)C(=O)O)C(=O)O.[Na+]. The Balaban J connectivity index is 0. The Morgan fingerprint density at radius 3 is 1.47 bits per heavy atom.